The van der Waals surface area contributed by atoms with Gasteiger partial charge in [-0.05, 0) is 43.6 Å². The third-order valence-electron chi connectivity index (χ3n) is 5.33. The maximum absolute atomic E-state index is 11.1. The minimum atomic E-state index is -0.809. The summed E-state index contributed by atoms with van der Waals surface area (Å²) >= 11 is 1.69. The van der Waals surface area contributed by atoms with Gasteiger partial charge in [0.15, 0.2) is 0 Å². The molecule has 3 rings (SSSR count). The fourth-order valence-corrected chi connectivity index (χ4v) is 4.85. The molecule has 2 aliphatic rings. The highest BCUT2D eigenvalue weighted by Gasteiger charge is 2.39. The molecule has 1 saturated heterocycles. The predicted molar refractivity (Wildman–Crippen MR) is 89.7 cm³/mol. The van der Waals surface area contributed by atoms with Gasteiger partial charge in [-0.2, -0.15) is 5.26 Å². The van der Waals surface area contributed by atoms with E-state index in [0.29, 0.717) is 19.1 Å². The topological polar surface area (TPSA) is 67.6 Å². The van der Waals surface area contributed by atoms with Gasteiger partial charge in [-0.1, -0.05) is 6.07 Å². The molecule has 1 saturated carbocycles. The zero-order chi connectivity index (χ0) is 16.3. The lowest BCUT2D eigenvalue weighted by atomic mass is 9.72. The summed E-state index contributed by atoms with van der Waals surface area (Å²) in [6, 6.07) is 7.19. The molecular weight excluding hydrogens is 310 g/mol. The van der Waals surface area contributed by atoms with E-state index in [1.54, 1.807) is 11.3 Å². The van der Waals surface area contributed by atoms with Crippen LogP contribution >= 0.6 is 11.3 Å². The lowest BCUT2D eigenvalue weighted by Gasteiger charge is -2.39. The Hall–Kier alpha value is -1.58. The van der Waals surface area contributed by atoms with E-state index in [4.69, 9.17) is 5.11 Å². The summed E-state index contributed by atoms with van der Waals surface area (Å²) in [6.45, 7) is 3.01. The average molecular weight is 333 g/mol. The Balaban J connectivity index is 1.61. The van der Waals surface area contributed by atoms with Gasteiger partial charge in [0.2, 0.25) is 0 Å². The zero-order valence-electron chi connectivity index (χ0n) is 13.3. The molecule has 2 fully saturated rings. The van der Waals surface area contributed by atoms with Crippen molar-refractivity contribution in [2.45, 2.75) is 43.6 Å². The minimum absolute atomic E-state index is 0.302. The van der Waals surface area contributed by atoms with Crippen LogP contribution in [-0.2, 0) is 5.41 Å². The van der Waals surface area contributed by atoms with Gasteiger partial charge in [0.25, 0.3) is 0 Å². The van der Waals surface area contributed by atoms with E-state index in [2.05, 4.69) is 22.4 Å². The molecule has 6 heteroatoms. The van der Waals surface area contributed by atoms with Crippen molar-refractivity contribution in [2.24, 2.45) is 0 Å². The van der Waals surface area contributed by atoms with Crippen LogP contribution in [0.1, 0.15) is 37.0 Å². The Morgan fingerprint density at radius 1 is 1.30 bits per heavy atom. The molecule has 0 aromatic carbocycles. The molecule has 124 valence electrons. The molecule has 1 aliphatic heterocycles. The second kappa shape index (κ2) is 6.90. The standard InChI is InChI=1S/C17H23N3O2S/c18-13-17(15-3-1-12-23-15)6-4-14(5-7-17)19-8-2-9-20(11-10-19)16(21)22/h1,3,12,14H,2,4-11H2,(H,21,22). The monoisotopic (exact) mass is 333 g/mol. The summed E-state index contributed by atoms with van der Waals surface area (Å²) in [5, 5.41) is 20.9. The highest BCUT2D eigenvalue weighted by molar-refractivity contribution is 7.10. The van der Waals surface area contributed by atoms with Crippen LogP contribution in [0, 0.1) is 11.3 Å². The van der Waals surface area contributed by atoms with Crippen molar-refractivity contribution in [1.29, 1.82) is 5.26 Å². The Kier molecular flexibility index (Phi) is 4.88. The van der Waals surface area contributed by atoms with Gasteiger partial charge in [0.05, 0.1) is 11.5 Å². The van der Waals surface area contributed by atoms with Crippen LogP contribution in [0.15, 0.2) is 17.5 Å². The predicted octanol–water partition coefficient (Wildman–Crippen LogP) is 3.14. The molecule has 0 spiro atoms. The summed E-state index contributed by atoms with van der Waals surface area (Å²) < 4.78 is 0. The molecule has 1 aromatic rings. The molecular formula is C17H23N3O2S. The Labute approximate surface area is 141 Å². The summed E-state index contributed by atoms with van der Waals surface area (Å²) in [5.74, 6) is 0. The zero-order valence-corrected chi connectivity index (χ0v) is 14.1. The highest BCUT2D eigenvalue weighted by Crippen LogP contribution is 2.42. The van der Waals surface area contributed by atoms with Crippen molar-refractivity contribution in [3.63, 3.8) is 0 Å². The first-order valence-electron chi connectivity index (χ1n) is 8.32. The molecule has 2 heterocycles. The molecule has 1 amide bonds. The first-order valence-corrected chi connectivity index (χ1v) is 9.20. The van der Waals surface area contributed by atoms with E-state index in [9.17, 15) is 10.1 Å². The van der Waals surface area contributed by atoms with E-state index in [-0.39, 0.29) is 5.41 Å². The van der Waals surface area contributed by atoms with Crippen molar-refractivity contribution in [1.82, 2.24) is 9.80 Å². The van der Waals surface area contributed by atoms with Crippen molar-refractivity contribution >= 4 is 17.4 Å². The smallest absolute Gasteiger partial charge is 0.407 e. The van der Waals surface area contributed by atoms with Crippen molar-refractivity contribution in [2.75, 3.05) is 26.2 Å². The fourth-order valence-electron chi connectivity index (χ4n) is 3.92. The van der Waals surface area contributed by atoms with Crippen LogP contribution in [0.25, 0.3) is 0 Å². The number of amides is 1. The third-order valence-corrected chi connectivity index (χ3v) is 6.41. The van der Waals surface area contributed by atoms with Crippen LogP contribution in [0.2, 0.25) is 0 Å². The minimum Gasteiger partial charge on any atom is -0.465 e. The summed E-state index contributed by atoms with van der Waals surface area (Å²) in [7, 11) is 0. The van der Waals surface area contributed by atoms with Crippen LogP contribution in [0.4, 0.5) is 4.79 Å². The first-order chi connectivity index (χ1) is 11.1. The van der Waals surface area contributed by atoms with E-state index < -0.39 is 6.09 Å². The van der Waals surface area contributed by atoms with Gasteiger partial charge >= 0.3 is 6.09 Å². The number of rotatable bonds is 2. The van der Waals surface area contributed by atoms with Gasteiger partial charge in [0.1, 0.15) is 0 Å². The Morgan fingerprint density at radius 2 is 2.09 bits per heavy atom. The van der Waals surface area contributed by atoms with Gasteiger partial charge in [-0.25, -0.2) is 4.79 Å². The normalized spacial score (nSPS) is 29.7. The summed E-state index contributed by atoms with van der Waals surface area (Å²) in [4.78, 5) is 16.3. The average Bonchev–Trinajstić information content (AvgIpc) is 3.00. The van der Waals surface area contributed by atoms with E-state index in [1.807, 2.05) is 6.07 Å². The number of thiophene rings is 1. The molecule has 1 aromatic heterocycles. The molecule has 0 unspecified atom stereocenters. The molecule has 0 atom stereocenters. The number of hydrogen-bond acceptors (Lipinski definition) is 4. The van der Waals surface area contributed by atoms with E-state index in [0.717, 1.165) is 45.2 Å². The van der Waals surface area contributed by atoms with Crippen LogP contribution in [0.5, 0.6) is 0 Å². The molecule has 0 radical (unpaired) electrons. The van der Waals surface area contributed by atoms with Crippen molar-refractivity contribution in [3.05, 3.63) is 22.4 Å². The lowest BCUT2D eigenvalue weighted by Crippen LogP contribution is -2.43. The molecule has 0 bridgehead atoms. The first kappa shape index (κ1) is 16.3. The fraction of sp³-hybridized carbons (Fsp3) is 0.647. The van der Waals surface area contributed by atoms with Crippen molar-refractivity contribution in [3.8, 4) is 6.07 Å². The maximum Gasteiger partial charge on any atom is 0.407 e. The van der Waals surface area contributed by atoms with Crippen LogP contribution in [0.3, 0.4) is 0 Å². The molecule has 1 N–H and O–H groups in total. The van der Waals surface area contributed by atoms with Gasteiger partial charge in [-0.15, -0.1) is 11.3 Å². The maximum atomic E-state index is 11.1. The third kappa shape index (κ3) is 3.36. The van der Waals surface area contributed by atoms with Crippen molar-refractivity contribution < 1.29 is 9.90 Å². The van der Waals surface area contributed by atoms with Gasteiger partial charge < -0.3 is 10.0 Å². The largest absolute Gasteiger partial charge is 0.465 e. The SMILES string of the molecule is N#CC1(c2cccs2)CCC(N2CCCN(C(=O)O)CC2)CC1. The highest BCUT2D eigenvalue weighted by atomic mass is 32.1. The van der Waals surface area contributed by atoms with Gasteiger partial charge in [-0.3, -0.25) is 4.90 Å². The molecule has 23 heavy (non-hydrogen) atoms. The second-order valence-corrected chi connectivity index (χ2v) is 7.51. The van der Waals surface area contributed by atoms with Crippen LogP contribution in [-0.4, -0.2) is 53.2 Å². The Bertz CT molecular complexity index is 573. The quantitative estimate of drug-likeness (QED) is 0.903. The summed E-state index contributed by atoms with van der Waals surface area (Å²) in [5.41, 5.74) is -0.302. The van der Waals surface area contributed by atoms with Gasteiger partial charge in [0, 0.05) is 37.1 Å². The van der Waals surface area contributed by atoms with E-state index >= 15 is 0 Å². The molecule has 1 aliphatic carbocycles. The number of nitriles is 1. The summed E-state index contributed by atoms with van der Waals surface area (Å²) in [6.07, 6.45) is 3.97. The van der Waals surface area contributed by atoms with Crippen LogP contribution < -0.4 is 0 Å². The second-order valence-electron chi connectivity index (χ2n) is 6.56. The number of nitrogens with zero attached hydrogens (tertiary/aromatic N) is 3. The molecule has 5 nitrogen and oxygen atoms in total. The van der Waals surface area contributed by atoms with E-state index in [1.165, 1.54) is 9.78 Å². The number of carboxylic acid groups (broad SMARTS) is 1. The lowest BCUT2D eigenvalue weighted by molar-refractivity contribution is 0.131. The number of hydrogen-bond donors (Lipinski definition) is 1. The number of carbonyl (C=O) groups is 1. The Morgan fingerprint density at radius 3 is 2.70 bits per heavy atom.